The molecule has 1 aromatic carbocycles. The number of amides is 1. The third-order valence-corrected chi connectivity index (χ3v) is 3.96. The monoisotopic (exact) mass is 303 g/mol. The highest BCUT2D eigenvalue weighted by Crippen LogP contribution is 2.25. The molecule has 0 radical (unpaired) electrons. The molecule has 1 amide bonds. The van der Waals surface area contributed by atoms with E-state index in [1.54, 1.807) is 6.20 Å². The number of carbonyl (C=O) groups excluding carboxylic acids is 1. The van der Waals surface area contributed by atoms with Gasteiger partial charge in [0, 0.05) is 34.8 Å². The molecule has 0 saturated heterocycles. The first kappa shape index (κ1) is 14.3. The van der Waals surface area contributed by atoms with Crippen LogP contribution in [-0.4, -0.2) is 35.4 Å². The van der Waals surface area contributed by atoms with Crippen molar-refractivity contribution >= 4 is 28.4 Å². The van der Waals surface area contributed by atoms with Crippen LogP contribution in [0.15, 0.2) is 30.5 Å². The Labute approximate surface area is 129 Å². The molecule has 0 spiro atoms. The van der Waals surface area contributed by atoms with Crippen molar-refractivity contribution in [3.8, 4) is 0 Å². The van der Waals surface area contributed by atoms with Gasteiger partial charge in [-0.2, -0.15) is 0 Å². The molecule has 1 aliphatic carbocycles. The van der Waals surface area contributed by atoms with Crippen molar-refractivity contribution in [2.45, 2.75) is 25.4 Å². The van der Waals surface area contributed by atoms with E-state index in [1.165, 1.54) is 0 Å². The Morgan fingerprint density at radius 2 is 2.24 bits per heavy atom. The molecule has 1 N–H and O–H groups in total. The largest absolute Gasteiger partial charge is 0.352 e. The summed E-state index contributed by atoms with van der Waals surface area (Å²) in [5.74, 6) is 0.0734. The molecule has 1 aliphatic rings. The van der Waals surface area contributed by atoms with Crippen LogP contribution in [0.2, 0.25) is 5.02 Å². The Hall–Kier alpha value is -1.65. The van der Waals surface area contributed by atoms with Crippen LogP contribution in [-0.2, 0) is 11.3 Å². The Morgan fingerprint density at radius 3 is 3.00 bits per heavy atom. The van der Waals surface area contributed by atoms with Crippen LogP contribution in [0.25, 0.3) is 10.9 Å². The van der Waals surface area contributed by atoms with Gasteiger partial charge in [-0.3, -0.25) is 14.7 Å². The maximum Gasteiger partial charge on any atom is 0.234 e. The van der Waals surface area contributed by atoms with Crippen molar-refractivity contribution in [1.82, 2.24) is 15.2 Å². The number of fused-ring (bicyclic) bond motifs is 1. The zero-order valence-electron chi connectivity index (χ0n) is 12.0. The van der Waals surface area contributed by atoms with E-state index in [0.29, 0.717) is 24.2 Å². The fourth-order valence-corrected chi connectivity index (χ4v) is 2.62. The van der Waals surface area contributed by atoms with Crippen molar-refractivity contribution in [2.75, 3.05) is 13.6 Å². The van der Waals surface area contributed by atoms with Crippen LogP contribution < -0.4 is 5.32 Å². The number of aromatic nitrogens is 1. The zero-order chi connectivity index (χ0) is 14.8. The van der Waals surface area contributed by atoms with Gasteiger partial charge in [-0.15, -0.1) is 0 Å². The minimum absolute atomic E-state index is 0.0734. The van der Waals surface area contributed by atoms with Gasteiger partial charge in [0.15, 0.2) is 0 Å². The second-order valence-corrected chi connectivity index (χ2v) is 6.02. The standard InChI is InChI=1S/C16H18ClN3O/c1-20(10-15(21)19-12-5-6-12)9-13-14(17)7-4-11-3-2-8-18-16(11)13/h2-4,7-8,12H,5-6,9-10H2,1H3,(H,19,21). The number of hydrogen-bond acceptors (Lipinski definition) is 3. The van der Waals surface area contributed by atoms with Gasteiger partial charge in [0.25, 0.3) is 0 Å². The zero-order valence-corrected chi connectivity index (χ0v) is 12.7. The lowest BCUT2D eigenvalue weighted by Crippen LogP contribution is -2.36. The summed E-state index contributed by atoms with van der Waals surface area (Å²) >= 11 is 6.31. The van der Waals surface area contributed by atoms with Gasteiger partial charge in [-0.1, -0.05) is 23.7 Å². The fraction of sp³-hybridized carbons (Fsp3) is 0.375. The van der Waals surface area contributed by atoms with E-state index in [2.05, 4.69) is 10.3 Å². The summed E-state index contributed by atoms with van der Waals surface area (Å²) in [6.45, 7) is 0.974. The number of hydrogen-bond donors (Lipinski definition) is 1. The van der Waals surface area contributed by atoms with Crippen molar-refractivity contribution in [3.05, 3.63) is 41.0 Å². The number of nitrogens with one attached hydrogen (secondary N) is 1. The molecule has 1 heterocycles. The predicted octanol–water partition coefficient (Wildman–Crippen LogP) is 2.60. The number of pyridine rings is 1. The van der Waals surface area contributed by atoms with Crippen molar-refractivity contribution in [3.63, 3.8) is 0 Å². The molecule has 0 atom stereocenters. The fourth-order valence-electron chi connectivity index (χ4n) is 2.40. The molecule has 1 fully saturated rings. The quantitative estimate of drug-likeness (QED) is 0.923. The Balaban J connectivity index is 1.74. The van der Waals surface area contributed by atoms with Crippen LogP contribution in [0.4, 0.5) is 0 Å². The number of benzene rings is 1. The van der Waals surface area contributed by atoms with Crippen LogP contribution in [0, 0.1) is 0 Å². The first-order valence-electron chi connectivity index (χ1n) is 7.13. The van der Waals surface area contributed by atoms with Gasteiger partial charge >= 0.3 is 0 Å². The highest BCUT2D eigenvalue weighted by atomic mass is 35.5. The number of likely N-dealkylation sites (N-methyl/N-ethyl adjacent to an activating group) is 1. The van der Waals surface area contributed by atoms with Gasteiger partial charge < -0.3 is 5.32 Å². The van der Waals surface area contributed by atoms with E-state index in [-0.39, 0.29) is 5.91 Å². The molecule has 21 heavy (non-hydrogen) atoms. The summed E-state index contributed by atoms with van der Waals surface area (Å²) in [7, 11) is 1.92. The van der Waals surface area contributed by atoms with Crippen molar-refractivity contribution < 1.29 is 4.79 Å². The Bertz CT molecular complexity index is 670. The molecule has 0 unspecified atom stereocenters. The Kier molecular flexibility index (Phi) is 4.08. The number of halogens is 1. The highest BCUT2D eigenvalue weighted by Gasteiger charge is 2.23. The normalized spacial score (nSPS) is 14.6. The van der Waals surface area contributed by atoms with Gasteiger partial charge in [-0.05, 0) is 32.0 Å². The second kappa shape index (κ2) is 6.00. The SMILES string of the molecule is CN(CC(=O)NC1CC1)Cc1c(Cl)ccc2cccnc12. The third-order valence-electron chi connectivity index (χ3n) is 3.61. The number of nitrogens with zero attached hydrogens (tertiary/aromatic N) is 2. The minimum Gasteiger partial charge on any atom is -0.352 e. The average Bonchev–Trinajstić information content (AvgIpc) is 3.25. The van der Waals surface area contributed by atoms with Gasteiger partial charge in [0.05, 0.1) is 12.1 Å². The van der Waals surface area contributed by atoms with E-state index < -0.39 is 0 Å². The molecule has 1 saturated carbocycles. The molecule has 1 aromatic heterocycles. The van der Waals surface area contributed by atoms with Gasteiger partial charge in [0.2, 0.25) is 5.91 Å². The summed E-state index contributed by atoms with van der Waals surface area (Å²) in [6, 6.07) is 8.18. The third kappa shape index (κ3) is 3.52. The van der Waals surface area contributed by atoms with E-state index in [0.717, 1.165) is 29.3 Å². The summed E-state index contributed by atoms with van der Waals surface area (Å²) in [4.78, 5) is 18.2. The molecule has 5 heteroatoms. The van der Waals surface area contributed by atoms with Crippen molar-refractivity contribution in [2.24, 2.45) is 0 Å². The molecular formula is C16H18ClN3O. The molecule has 0 aliphatic heterocycles. The number of carbonyl (C=O) groups is 1. The molecule has 4 nitrogen and oxygen atoms in total. The first-order chi connectivity index (χ1) is 10.1. The van der Waals surface area contributed by atoms with Crippen molar-refractivity contribution in [1.29, 1.82) is 0 Å². The highest BCUT2D eigenvalue weighted by molar-refractivity contribution is 6.32. The maximum atomic E-state index is 11.8. The lowest BCUT2D eigenvalue weighted by Gasteiger charge is -2.18. The average molecular weight is 304 g/mol. The van der Waals surface area contributed by atoms with E-state index >= 15 is 0 Å². The predicted molar refractivity (Wildman–Crippen MR) is 84.3 cm³/mol. The molecule has 2 aromatic rings. The first-order valence-corrected chi connectivity index (χ1v) is 7.51. The summed E-state index contributed by atoms with van der Waals surface area (Å²) in [6.07, 6.45) is 3.98. The Morgan fingerprint density at radius 1 is 1.43 bits per heavy atom. The maximum absolute atomic E-state index is 11.8. The van der Waals surface area contributed by atoms with Gasteiger partial charge in [-0.25, -0.2) is 0 Å². The van der Waals surface area contributed by atoms with E-state index in [4.69, 9.17) is 11.6 Å². The van der Waals surface area contributed by atoms with Crippen LogP contribution in [0.1, 0.15) is 18.4 Å². The molecular weight excluding hydrogens is 286 g/mol. The number of rotatable bonds is 5. The molecule has 3 rings (SSSR count). The lowest BCUT2D eigenvalue weighted by molar-refractivity contribution is -0.122. The summed E-state index contributed by atoms with van der Waals surface area (Å²) in [5.41, 5.74) is 1.87. The molecule has 110 valence electrons. The van der Waals surface area contributed by atoms with Crippen LogP contribution >= 0.6 is 11.6 Å². The van der Waals surface area contributed by atoms with E-state index in [9.17, 15) is 4.79 Å². The topological polar surface area (TPSA) is 45.2 Å². The summed E-state index contributed by atoms with van der Waals surface area (Å²) < 4.78 is 0. The summed E-state index contributed by atoms with van der Waals surface area (Å²) in [5, 5.41) is 4.75. The minimum atomic E-state index is 0.0734. The van der Waals surface area contributed by atoms with Gasteiger partial charge in [0.1, 0.15) is 0 Å². The van der Waals surface area contributed by atoms with Crippen LogP contribution in [0.5, 0.6) is 0 Å². The van der Waals surface area contributed by atoms with Crippen LogP contribution in [0.3, 0.4) is 0 Å². The smallest absolute Gasteiger partial charge is 0.234 e. The second-order valence-electron chi connectivity index (χ2n) is 5.62. The van der Waals surface area contributed by atoms with E-state index in [1.807, 2.05) is 36.2 Å². The lowest BCUT2D eigenvalue weighted by atomic mass is 10.1. The molecule has 0 bridgehead atoms.